The van der Waals surface area contributed by atoms with Crippen molar-refractivity contribution < 1.29 is 17.9 Å². The number of hydrogen-bond donors (Lipinski definition) is 1. The van der Waals surface area contributed by atoms with E-state index in [1.807, 2.05) is 6.07 Å². The van der Waals surface area contributed by atoms with Crippen LogP contribution >= 0.6 is 11.6 Å². The van der Waals surface area contributed by atoms with Gasteiger partial charge in [0.25, 0.3) is 0 Å². The fourth-order valence-electron chi connectivity index (χ4n) is 3.70. The third kappa shape index (κ3) is 7.17. The number of halogens is 4. The third-order valence-electron chi connectivity index (χ3n) is 5.35. The normalized spacial score (nSPS) is 12.0. The van der Waals surface area contributed by atoms with Gasteiger partial charge in [-0.05, 0) is 43.2 Å². The van der Waals surface area contributed by atoms with Crippen LogP contribution in [0.3, 0.4) is 0 Å². The van der Waals surface area contributed by atoms with Crippen molar-refractivity contribution in [2.45, 2.75) is 64.0 Å². The Morgan fingerprint density at radius 2 is 1.39 bits per heavy atom. The maximum atomic E-state index is 12.6. The van der Waals surface area contributed by atoms with Crippen LogP contribution in [0.4, 0.5) is 13.2 Å². The number of aromatic nitrogens is 1. The predicted molar refractivity (Wildman–Crippen MR) is 120 cm³/mol. The Labute approximate surface area is 184 Å². The highest BCUT2D eigenvalue weighted by Gasteiger charge is 2.25. The molecule has 0 atom stereocenters. The Balaban J connectivity index is 1.39. The van der Waals surface area contributed by atoms with Crippen LogP contribution in [0.1, 0.15) is 57.8 Å². The van der Waals surface area contributed by atoms with Crippen molar-refractivity contribution in [3.8, 4) is 5.75 Å². The fourth-order valence-corrected chi connectivity index (χ4v) is 3.87. The molecule has 2 aromatic carbocycles. The lowest BCUT2D eigenvalue weighted by Gasteiger charge is -2.09. The number of benzene rings is 2. The highest BCUT2D eigenvalue weighted by molar-refractivity contribution is 6.31. The van der Waals surface area contributed by atoms with Crippen LogP contribution in [-0.4, -0.2) is 17.8 Å². The van der Waals surface area contributed by atoms with E-state index in [1.54, 1.807) is 30.3 Å². The van der Waals surface area contributed by atoms with E-state index in [0.717, 1.165) is 38.5 Å². The van der Waals surface area contributed by atoms with Gasteiger partial charge in [0.2, 0.25) is 0 Å². The standard InChI is InChI=1S/C24H27ClF3NO2/c25-17-9-11-19-21(15-17)29-22-16-18(10-12-20(22)23(19)30)31-14-8-6-4-2-1-3-5-7-13-24(26,27)28/h9-12,15-16H,1-8,13-14H2,(H,29,30). The SMILES string of the molecule is O=c1c2ccc(Cl)cc2[nH]c2cc(OCCCCCCCCCCC(F)(F)F)ccc12. The lowest BCUT2D eigenvalue weighted by molar-refractivity contribution is -0.135. The molecule has 7 heteroatoms. The molecule has 0 amide bonds. The summed E-state index contributed by atoms with van der Waals surface area (Å²) in [5, 5.41) is 1.78. The molecule has 0 spiro atoms. The van der Waals surface area contributed by atoms with Crippen LogP contribution in [-0.2, 0) is 0 Å². The number of unbranched alkanes of at least 4 members (excludes halogenated alkanes) is 7. The van der Waals surface area contributed by atoms with Gasteiger partial charge in [-0.3, -0.25) is 4.79 Å². The van der Waals surface area contributed by atoms with E-state index < -0.39 is 12.6 Å². The Morgan fingerprint density at radius 3 is 2.06 bits per heavy atom. The van der Waals surface area contributed by atoms with Crippen molar-refractivity contribution in [1.82, 2.24) is 4.98 Å². The van der Waals surface area contributed by atoms with E-state index in [2.05, 4.69) is 4.98 Å². The number of alkyl halides is 3. The molecule has 168 valence electrons. The lowest BCUT2D eigenvalue weighted by atomic mass is 10.1. The van der Waals surface area contributed by atoms with Gasteiger partial charge >= 0.3 is 6.18 Å². The molecule has 3 nitrogen and oxygen atoms in total. The molecule has 3 rings (SSSR count). The molecule has 0 aliphatic heterocycles. The molecule has 0 aliphatic rings. The van der Waals surface area contributed by atoms with E-state index in [9.17, 15) is 18.0 Å². The van der Waals surface area contributed by atoms with Gasteiger partial charge in [-0.2, -0.15) is 13.2 Å². The molecule has 0 bridgehead atoms. The molecule has 0 saturated carbocycles. The molecular formula is C24H27ClF3NO2. The summed E-state index contributed by atoms with van der Waals surface area (Å²) in [4.78, 5) is 15.9. The summed E-state index contributed by atoms with van der Waals surface area (Å²) in [6.07, 6.45) is 2.06. The van der Waals surface area contributed by atoms with Crippen LogP contribution < -0.4 is 10.2 Å². The first-order valence-corrected chi connectivity index (χ1v) is 11.2. The van der Waals surface area contributed by atoms with E-state index in [4.69, 9.17) is 16.3 Å². The van der Waals surface area contributed by atoms with E-state index >= 15 is 0 Å². The zero-order chi connectivity index (χ0) is 22.3. The maximum Gasteiger partial charge on any atom is 0.389 e. The molecule has 3 aromatic rings. The zero-order valence-electron chi connectivity index (χ0n) is 17.4. The number of H-pyrrole nitrogens is 1. The van der Waals surface area contributed by atoms with Gasteiger partial charge < -0.3 is 9.72 Å². The lowest BCUT2D eigenvalue weighted by Crippen LogP contribution is -2.06. The van der Waals surface area contributed by atoms with E-state index in [0.29, 0.717) is 45.6 Å². The van der Waals surface area contributed by atoms with Crippen LogP contribution in [0.5, 0.6) is 5.75 Å². The minimum absolute atomic E-state index is 0.0367. The van der Waals surface area contributed by atoms with Gasteiger partial charge in [-0.1, -0.05) is 50.1 Å². The summed E-state index contributed by atoms with van der Waals surface area (Å²) in [6.45, 7) is 0.584. The highest BCUT2D eigenvalue weighted by atomic mass is 35.5. The predicted octanol–water partition coefficient (Wildman–Crippen LogP) is 7.79. The summed E-state index contributed by atoms with van der Waals surface area (Å²) >= 11 is 6.03. The van der Waals surface area contributed by atoms with E-state index in [-0.39, 0.29) is 11.8 Å². The van der Waals surface area contributed by atoms with Gasteiger partial charge in [-0.25, -0.2) is 0 Å². The Kier molecular flexibility index (Phi) is 8.24. The number of pyridine rings is 1. The topological polar surface area (TPSA) is 42.1 Å². The van der Waals surface area contributed by atoms with Crippen molar-refractivity contribution in [3.05, 3.63) is 51.6 Å². The smallest absolute Gasteiger partial charge is 0.389 e. The summed E-state index contributed by atoms with van der Waals surface area (Å²) in [5.41, 5.74) is 1.37. The molecule has 1 heterocycles. The van der Waals surface area contributed by atoms with Crippen molar-refractivity contribution in [3.63, 3.8) is 0 Å². The van der Waals surface area contributed by atoms with Gasteiger partial charge in [-0.15, -0.1) is 0 Å². The Bertz CT molecular complexity index is 1060. The van der Waals surface area contributed by atoms with Gasteiger partial charge in [0.05, 0.1) is 17.6 Å². The summed E-state index contributed by atoms with van der Waals surface area (Å²) in [5.74, 6) is 0.703. The molecule has 0 unspecified atom stereocenters. The van der Waals surface area contributed by atoms with E-state index in [1.165, 1.54) is 0 Å². The zero-order valence-corrected chi connectivity index (χ0v) is 18.1. The monoisotopic (exact) mass is 453 g/mol. The Morgan fingerprint density at radius 1 is 0.806 bits per heavy atom. The van der Waals surface area contributed by atoms with Gasteiger partial charge in [0.1, 0.15) is 5.75 Å². The molecular weight excluding hydrogens is 427 g/mol. The van der Waals surface area contributed by atoms with Crippen molar-refractivity contribution in [2.24, 2.45) is 0 Å². The molecule has 0 saturated heterocycles. The second kappa shape index (κ2) is 10.9. The molecule has 1 aromatic heterocycles. The average Bonchev–Trinajstić information content (AvgIpc) is 2.71. The molecule has 0 fully saturated rings. The number of aromatic amines is 1. The van der Waals surface area contributed by atoms with Crippen LogP contribution in [0.25, 0.3) is 21.8 Å². The second-order valence-corrected chi connectivity index (χ2v) is 8.33. The summed E-state index contributed by atoms with van der Waals surface area (Å²) < 4.78 is 42.0. The van der Waals surface area contributed by atoms with Gasteiger partial charge in [0.15, 0.2) is 5.43 Å². The first kappa shape index (κ1) is 23.5. The fraction of sp³-hybridized carbons (Fsp3) is 0.458. The number of nitrogens with one attached hydrogen (secondary N) is 1. The quantitative estimate of drug-likeness (QED) is 0.238. The largest absolute Gasteiger partial charge is 0.494 e. The number of rotatable bonds is 11. The minimum Gasteiger partial charge on any atom is -0.494 e. The summed E-state index contributed by atoms with van der Waals surface area (Å²) in [6, 6.07) is 10.6. The molecule has 0 aliphatic carbocycles. The first-order valence-electron chi connectivity index (χ1n) is 10.8. The molecule has 0 radical (unpaired) electrons. The van der Waals surface area contributed by atoms with Crippen molar-refractivity contribution in [1.29, 1.82) is 0 Å². The third-order valence-corrected chi connectivity index (χ3v) is 5.59. The highest BCUT2D eigenvalue weighted by Crippen LogP contribution is 2.24. The maximum absolute atomic E-state index is 12.6. The van der Waals surface area contributed by atoms with Crippen molar-refractivity contribution in [2.75, 3.05) is 6.61 Å². The molecule has 31 heavy (non-hydrogen) atoms. The van der Waals surface area contributed by atoms with Crippen LogP contribution in [0.2, 0.25) is 5.02 Å². The first-order chi connectivity index (χ1) is 14.8. The van der Waals surface area contributed by atoms with Gasteiger partial charge in [0, 0.05) is 28.3 Å². The average molecular weight is 454 g/mol. The van der Waals surface area contributed by atoms with Crippen LogP contribution in [0.15, 0.2) is 41.2 Å². The Hall–Kier alpha value is -2.21. The molecule has 1 N–H and O–H groups in total. The number of ether oxygens (including phenoxy) is 1. The number of fused-ring (bicyclic) bond motifs is 2. The van der Waals surface area contributed by atoms with Crippen molar-refractivity contribution >= 4 is 33.4 Å². The minimum atomic E-state index is -4.03. The second-order valence-electron chi connectivity index (χ2n) is 7.89. The number of hydrogen-bond acceptors (Lipinski definition) is 2. The van der Waals surface area contributed by atoms with Crippen LogP contribution in [0, 0.1) is 0 Å². The summed E-state index contributed by atoms with van der Waals surface area (Å²) in [7, 11) is 0.